The van der Waals surface area contributed by atoms with Gasteiger partial charge in [0.1, 0.15) is 0 Å². The Labute approximate surface area is 98.6 Å². The zero-order valence-electron chi connectivity index (χ0n) is 9.32. The summed E-state index contributed by atoms with van der Waals surface area (Å²) in [7, 11) is 0. The lowest BCUT2D eigenvalue weighted by atomic mass is 9.98. The van der Waals surface area contributed by atoms with Crippen molar-refractivity contribution in [2.24, 2.45) is 5.92 Å². The maximum absolute atomic E-state index is 12.6. The topological polar surface area (TPSA) is 20.2 Å². The second-order valence-electron chi connectivity index (χ2n) is 3.78. The Morgan fingerprint density at radius 3 is 2.35 bits per heavy atom. The molecule has 0 saturated carbocycles. The van der Waals surface area contributed by atoms with E-state index in [-0.39, 0.29) is 13.0 Å². The second kappa shape index (κ2) is 6.45. The Balaban J connectivity index is 2.59. The highest BCUT2D eigenvalue weighted by atomic mass is 19.4. The first-order chi connectivity index (χ1) is 8.04. The van der Waals surface area contributed by atoms with Crippen LogP contribution in [0.4, 0.5) is 13.2 Å². The molecule has 1 rings (SSSR count). The zero-order chi connectivity index (χ0) is 12.7. The predicted octanol–water partition coefficient (Wildman–Crippen LogP) is 3.35. The molecule has 0 radical (unpaired) electrons. The molecular weight excluding hydrogens is 229 g/mol. The van der Waals surface area contributed by atoms with Crippen LogP contribution in [-0.2, 0) is 6.42 Å². The van der Waals surface area contributed by atoms with Crippen molar-refractivity contribution in [3.8, 4) is 0 Å². The fraction of sp³-hybridized carbons (Fsp3) is 0.385. The van der Waals surface area contributed by atoms with Gasteiger partial charge < -0.3 is 5.11 Å². The summed E-state index contributed by atoms with van der Waals surface area (Å²) in [6.45, 7) is -0.363. The minimum absolute atomic E-state index is 0.00398. The molecular formula is C13H15F3O. The van der Waals surface area contributed by atoms with Crippen LogP contribution in [0.2, 0.25) is 0 Å². The van der Waals surface area contributed by atoms with Gasteiger partial charge in [0.25, 0.3) is 0 Å². The van der Waals surface area contributed by atoms with Crippen molar-refractivity contribution < 1.29 is 18.3 Å². The van der Waals surface area contributed by atoms with Gasteiger partial charge in [-0.05, 0) is 18.4 Å². The van der Waals surface area contributed by atoms with Gasteiger partial charge in [-0.25, -0.2) is 0 Å². The van der Waals surface area contributed by atoms with Crippen molar-refractivity contribution in [2.45, 2.75) is 19.0 Å². The van der Waals surface area contributed by atoms with Crippen LogP contribution in [-0.4, -0.2) is 17.9 Å². The Bertz CT molecular complexity index is 343. The van der Waals surface area contributed by atoms with Gasteiger partial charge in [0.05, 0.1) is 12.5 Å². The number of rotatable bonds is 5. The molecule has 1 N–H and O–H groups in total. The van der Waals surface area contributed by atoms with Gasteiger partial charge in [-0.2, -0.15) is 13.2 Å². The van der Waals surface area contributed by atoms with Crippen molar-refractivity contribution in [1.29, 1.82) is 0 Å². The molecule has 1 atom stereocenters. The maximum atomic E-state index is 12.6. The molecule has 0 bridgehead atoms. The van der Waals surface area contributed by atoms with E-state index in [2.05, 4.69) is 0 Å². The molecule has 0 unspecified atom stereocenters. The number of hydrogen-bond donors (Lipinski definition) is 1. The number of benzene rings is 1. The standard InChI is InChI=1S/C13H15F3O/c14-13(15,16)12(7-4-10-17)9-8-11-5-2-1-3-6-11/h1-7,12,17H,8-10H2/b7-4+/t12-/m0/s1. The number of allylic oxidation sites excluding steroid dienone is 1. The Kier molecular flexibility index (Phi) is 5.22. The van der Waals surface area contributed by atoms with Gasteiger partial charge in [-0.15, -0.1) is 0 Å². The number of hydrogen-bond acceptors (Lipinski definition) is 1. The second-order valence-corrected chi connectivity index (χ2v) is 3.78. The number of aliphatic hydroxyl groups excluding tert-OH is 1. The molecule has 94 valence electrons. The van der Waals surface area contributed by atoms with E-state index in [0.717, 1.165) is 17.7 Å². The van der Waals surface area contributed by atoms with Crippen LogP contribution in [0.5, 0.6) is 0 Å². The minimum atomic E-state index is -4.25. The van der Waals surface area contributed by atoms with E-state index < -0.39 is 12.1 Å². The van der Waals surface area contributed by atoms with Crippen LogP contribution in [0.15, 0.2) is 42.5 Å². The Morgan fingerprint density at radius 2 is 1.82 bits per heavy atom. The third-order valence-electron chi connectivity index (χ3n) is 2.48. The van der Waals surface area contributed by atoms with Crippen LogP contribution in [0, 0.1) is 5.92 Å². The van der Waals surface area contributed by atoms with E-state index in [9.17, 15) is 13.2 Å². The Morgan fingerprint density at radius 1 is 1.18 bits per heavy atom. The first-order valence-electron chi connectivity index (χ1n) is 5.42. The third kappa shape index (κ3) is 5.04. The van der Waals surface area contributed by atoms with Crippen LogP contribution in [0.1, 0.15) is 12.0 Å². The molecule has 0 aliphatic rings. The van der Waals surface area contributed by atoms with E-state index in [1.165, 1.54) is 0 Å². The smallest absolute Gasteiger partial charge is 0.392 e. The van der Waals surface area contributed by atoms with Crippen molar-refractivity contribution in [3.63, 3.8) is 0 Å². The molecule has 0 heterocycles. The molecule has 4 heteroatoms. The lowest BCUT2D eigenvalue weighted by molar-refractivity contribution is -0.162. The molecule has 0 aromatic heterocycles. The zero-order valence-corrected chi connectivity index (χ0v) is 9.32. The average Bonchev–Trinajstić information content (AvgIpc) is 2.29. The van der Waals surface area contributed by atoms with E-state index in [1.54, 1.807) is 0 Å². The predicted molar refractivity (Wildman–Crippen MR) is 60.5 cm³/mol. The van der Waals surface area contributed by atoms with Gasteiger partial charge in [0.15, 0.2) is 0 Å². The summed E-state index contributed by atoms with van der Waals surface area (Å²) < 4.78 is 37.8. The van der Waals surface area contributed by atoms with Crippen LogP contribution in [0.3, 0.4) is 0 Å². The molecule has 0 aliphatic heterocycles. The van der Waals surface area contributed by atoms with Crippen molar-refractivity contribution in [2.75, 3.05) is 6.61 Å². The summed E-state index contributed by atoms with van der Waals surface area (Å²) in [6.07, 6.45) is -1.70. The average molecular weight is 244 g/mol. The number of alkyl halides is 3. The first kappa shape index (κ1) is 13.8. The highest BCUT2D eigenvalue weighted by molar-refractivity contribution is 5.15. The minimum Gasteiger partial charge on any atom is -0.392 e. The van der Waals surface area contributed by atoms with Gasteiger partial charge in [0, 0.05) is 0 Å². The molecule has 1 aromatic rings. The fourth-order valence-corrected chi connectivity index (χ4v) is 1.56. The van der Waals surface area contributed by atoms with E-state index in [0.29, 0.717) is 6.42 Å². The van der Waals surface area contributed by atoms with Gasteiger partial charge in [0.2, 0.25) is 0 Å². The van der Waals surface area contributed by atoms with Crippen LogP contribution >= 0.6 is 0 Å². The summed E-state index contributed by atoms with van der Waals surface area (Å²) in [4.78, 5) is 0. The quantitative estimate of drug-likeness (QED) is 0.787. The summed E-state index contributed by atoms with van der Waals surface area (Å²) in [5.74, 6) is -1.49. The summed E-state index contributed by atoms with van der Waals surface area (Å²) in [5, 5.41) is 8.51. The van der Waals surface area contributed by atoms with Gasteiger partial charge in [-0.3, -0.25) is 0 Å². The van der Waals surface area contributed by atoms with Crippen LogP contribution < -0.4 is 0 Å². The normalized spacial score (nSPS) is 14.1. The molecule has 1 aromatic carbocycles. The molecule has 0 aliphatic carbocycles. The lowest BCUT2D eigenvalue weighted by Crippen LogP contribution is -2.21. The van der Waals surface area contributed by atoms with Gasteiger partial charge >= 0.3 is 6.18 Å². The first-order valence-corrected chi connectivity index (χ1v) is 5.42. The Hall–Kier alpha value is -1.29. The van der Waals surface area contributed by atoms with Crippen molar-refractivity contribution in [3.05, 3.63) is 48.0 Å². The fourth-order valence-electron chi connectivity index (χ4n) is 1.56. The van der Waals surface area contributed by atoms with Crippen molar-refractivity contribution >= 4 is 0 Å². The van der Waals surface area contributed by atoms with E-state index in [4.69, 9.17) is 5.11 Å². The molecule has 0 saturated heterocycles. The monoisotopic (exact) mass is 244 g/mol. The highest BCUT2D eigenvalue weighted by Gasteiger charge is 2.36. The summed E-state index contributed by atoms with van der Waals surface area (Å²) in [6, 6.07) is 9.06. The van der Waals surface area contributed by atoms with Gasteiger partial charge in [-0.1, -0.05) is 42.5 Å². The molecule has 0 spiro atoms. The molecule has 1 nitrogen and oxygen atoms in total. The summed E-state index contributed by atoms with van der Waals surface area (Å²) in [5.41, 5.74) is 0.888. The van der Waals surface area contributed by atoms with E-state index in [1.807, 2.05) is 30.3 Å². The lowest BCUT2D eigenvalue weighted by Gasteiger charge is -2.16. The molecule has 0 amide bonds. The number of aryl methyl sites for hydroxylation is 1. The third-order valence-corrected chi connectivity index (χ3v) is 2.48. The largest absolute Gasteiger partial charge is 0.395 e. The van der Waals surface area contributed by atoms with E-state index >= 15 is 0 Å². The number of aliphatic hydroxyl groups is 1. The molecule has 17 heavy (non-hydrogen) atoms. The maximum Gasteiger partial charge on any atom is 0.395 e. The van der Waals surface area contributed by atoms with Crippen molar-refractivity contribution in [1.82, 2.24) is 0 Å². The SMILES string of the molecule is OC/C=C/[C@@H](CCc1ccccc1)C(F)(F)F. The molecule has 0 fully saturated rings. The summed E-state index contributed by atoms with van der Waals surface area (Å²) >= 11 is 0. The highest BCUT2D eigenvalue weighted by Crippen LogP contribution is 2.30. The van der Waals surface area contributed by atoms with Crippen LogP contribution in [0.25, 0.3) is 0 Å². The number of halogens is 3.